The molecule has 4 rings (SSSR count). The third-order valence-electron chi connectivity index (χ3n) is 4.89. The Morgan fingerprint density at radius 3 is 1.31 bits per heavy atom. The molecule has 0 spiro atoms. The van der Waals surface area contributed by atoms with Crippen molar-refractivity contribution >= 4 is 27.1 Å². The maximum atomic E-state index is 5.38. The van der Waals surface area contributed by atoms with E-state index in [1.54, 1.807) is 7.11 Å². The number of halogens is 1. The van der Waals surface area contributed by atoms with Gasteiger partial charge in [0.2, 0.25) is 0 Å². The second kappa shape index (κ2) is 8.93. The molecule has 0 radical (unpaired) electrons. The molecule has 0 aliphatic carbocycles. The summed E-state index contributed by atoms with van der Waals surface area (Å²) < 4.78 is 6.44. The van der Waals surface area contributed by atoms with Crippen molar-refractivity contribution in [2.75, 3.05) is 7.11 Å². The first-order chi connectivity index (χ1) is 14.3. The van der Waals surface area contributed by atoms with Crippen molar-refractivity contribution in [1.82, 2.24) is 0 Å². The summed E-state index contributed by atoms with van der Waals surface area (Å²) in [6.07, 6.45) is 0. The second-order valence-corrected chi connectivity index (χ2v) is 7.63. The van der Waals surface area contributed by atoms with Crippen LogP contribution in [-0.4, -0.2) is 7.11 Å². The number of rotatable bonds is 5. The summed E-state index contributed by atoms with van der Waals surface area (Å²) in [7, 11) is 1.69. The van der Waals surface area contributed by atoms with Crippen LogP contribution in [-0.2, 0) is 0 Å². The quantitative estimate of drug-likeness (QED) is 0.292. The molecule has 0 unspecified atom stereocenters. The fourth-order valence-corrected chi connectivity index (χ4v) is 3.76. The van der Waals surface area contributed by atoms with E-state index in [-0.39, 0.29) is 0 Å². The van der Waals surface area contributed by atoms with E-state index in [1.807, 2.05) is 12.1 Å². The summed E-state index contributed by atoms with van der Waals surface area (Å²) >= 11 is 3.56. The molecule has 29 heavy (non-hydrogen) atoms. The van der Waals surface area contributed by atoms with Gasteiger partial charge in [0.1, 0.15) is 5.75 Å². The maximum Gasteiger partial charge on any atom is 0.118 e. The van der Waals surface area contributed by atoms with Gasteiger partial charge in [-0.1, -0.05) is 101 Å². The van der Waals surface area contributed by atoms with Gasteiger partial charge >= 0.3 is 0 Å². The van der Waals surface area contributed by atoms with Gasteiger partial charge in [0.05, 0.1) is 7.11 Å². The highest BCUT2D eigenvalue weighted by Crippen LogP contribution is 2.37. The second-order valence-electron chi connectivity index (χ2n) is 6.72. The van der Waals surface area contributed by atoms with Crippen molar-refractivity contribution in [1.29, 1.82) is 0 Å². The van der Waals surface area contributed by atoms with Crippen molar-refractivity contribution in [3.63, 3.8) is 0 Å². The summed E-state index contributed by atoms with van der Waals surface area (Å²) in [5, 5.41) is 0. The lowest BCUT2D eigenvalue weighted by atomic mass is 9.86. The van der Waals surface area contributed by atoms with Gasteiger partial charge in [-0.05, 0) is 57.7 Å². The van der Waals surface area contributed by atoms with Gasteiger partial charge in [0, 0.05) is 4.47 Å². The van der Waals surface area contributed by atoms with Crippen LogP contribution in [0.15, 0.2) is 114 Å². The van der Waals surface area contributed by atoms with Crippen LogP contribution >= 0.6 is 15.9 Å². The molecular weight excluding hydrogens is 420 g/mol. The van der Waals surface area contributed by atoms with E-state index >= 15 is 0 Å². The molecular formula is C27H21BrO. The zero-order chi connectivity index (χ0) is 20.1. The van der Waals surface area contributed by atoms with Crippen molar-refractivity contribution in [2.24, 2.45) is 0 Å². The van der Waals surface area contributed by atoms with E-state index in [0.717, 1.165) is 15.8 Å². The minimum Gasteiger partial charge on any atom is -0.497 e. The van der Waals surface area contributed by atoms with E-state index < -0.39 is 0 Å². The third kappa shape index (κ3) is 4.33. The summed E-state index contributed by atoms with van der Waals surface area (Å²) in [5.41, 5.74) is 7.09. The van der Waals surface area contributed by atoms with E-state index in [1.165, 1.54) is 27.8 Å². The molecule has 4 aromatic rings. The largest absolute Gasteiger partial charge is 0.497 e. The van der Waals surface area contributed by atoms with E-state index in [4.69, 9.17) is 4.74 Å². The van der Waals surface area contributed by atoms with Crippen LogP contribution < -0.4 is 4.74 Å². The van der Waals surface area contributed by atoms with Crippen molar-refractivity contribution in [3.8, 4) is 5.75 Å². The highest BCUT2D eigenvalue weighted by atomic mass is 79.9. The Bertz CT molecular complexity index is 1060. The van der Waals surface area contributed by atoms with Gasteiger partial charge in [0.15, 0.2) is 0 Å². The Hall–Kier alpha value is -3.10. The Morgan fingerprint density at radius 1 is 0.517 bits per heavy atom. The number of hydrogen-bond acceptors (Lipinski definition) is 1. The predicted molar refractivity (Wildman–Crippen MR) is 125 cm³/mol. The molecule has 0 aromatic heterocycles. The zero-order valence-electron chi connectivity index (χ0n) is 16.2. The molecule has 1 nitrogen and oxygen atoms in total. The van der Waals surface area contributed by atoms with Crippen LogP contribution in [0.25, 0.3) is 11.1 Å². The average molecular weight is 441 g/mol. The summed E-state index contributed by atoms with van der Waals surface area (Å²) in [5.74, 6) is 0.852. The minimum atomic E-state index is 0.852. The molecule has 142 valence electrons. The molecule has 0 bridgehead atoms. The fraction of sp³-hybridized carbons (Fsp3) is 0.0370. The van der Waals surface area contributed by atoms with E-state index in [0.29, 0.717) is 0 Å². The van der Waals surface area contributed by atoms with Gasteiger partial charge < -0.3 is 4.74 Å². The van der Waals surface area contributed by atoms with Gasteiger partial charge in [-0.2, -0.15) is 0 Å². The highest BCUT2D eigenvalue weighted by molar-refractivity contribution is 9.10. The Kier molecular flexibility index (Phi) is 5.92. The van der Waals surface area contributed by atoms with E-state index in [2.05, 4.69) is 113 Å². The molecule has 4 aromatic carbocycles. The normalized spacial score (nSPS) is 10.4. The first-order valence-corrected chi connectivity index (χ1v) is 10.3. The van der Waals surface area contributed by atoms with Crippen LogP contribution in [0, 0.1) is 0 Å². The molecule has 0 aliphatic heterocycles. The number of methoxy groups -OCH3 is 1. The topological polar surface area (TPSA) is 9.23 Å². The lowest BCUT2D eigenvalue weighted by molar-refractivity contribution is 0.415. The van der Waals surface area contributed by atoms with Crippen LogP contribution in [0.2, 0.25) is 0 Å². The third-order valence-corrected chi connectivity index (χ3v) is 5.42. The smallest absolute Gasteiger partial charge is 0.118 e. The zero-order valence-corrected chi connectivity index (χ0v) is 17.8. The number of hydrogen-bond donors (Lipinski definition) is 0. The molecule has 0 atom stereocenters. The van der Waals surface area contributed by atoms with Crippen LogP contribution in [0.5, 0.6) is 5.75 Å². The summed E-state index contributed by atoms with van der Waals surface area (Å²) in [6, 6.07) is 37.9. The predicted octanol–water partition coefficient (Wildman–Crippen LogP) is 7.47. The first-order valence-electron chi connectivity index (χ1n) is 9.52. The molecule has 0 saturated heterocycles. The summed E-state index contributed by atoms with van der Waals surface area (Å²) in [6.45, 7) is 0. The molecule has 2 heteroatoms. The highest BCUT2D eigenvalue weighted by Gasteiger charge is 2.16. The Morgan fingerprint density at radius 2 is 0.897 bits per heavy atom. The van der Waals surface area contributed by atoms with Gasteiger partial charge in [-0.15, -0.1) is 0 Å². The van der Waals surface area contributed by atoms with Crippen molar-refractivity contribution in [2.45, 2.75) is 0 Å². The Balaban J connectivity index is 2.05. The molecule has 0 saturated carbocycles. The van der Waals surface area contributed by atoms with E-state index in [9.17, 15) is 0 Å². The van der Waals surface area contributed by atoms with Crippen LogP contribution in [0.4, 0.5) is 0 Å². The standard InChI is InChI=1S/C27H21BrO/c1-29-25-18-14-23(15-19-25)27(22-12-16-24(28)17-13-22)26(20-8-4-2-5-9-20)21-10-6-3-7-11-21/h2-19H,1H3. The molecule has 0 N–H and O–H groups in total. The fourth-order valence-electron chi connectivity index (χ4n) is 3.49. The minimum absolute atomic E-state index is 0.852. The molecule has 0 aliphatic rings. The van der Waals surface area contributed by atoms with Crippen molar-refractivity contribution in [3.05, 3.63) is 136 Å². The van der Waals surface area contributed by atoms with Crippen molar-refractivity contribution < 1.29 is 4.74 Å². The average Bonchev–Trinajstić information content (AvgIpc) is 2.79. The molecule has 0 amide bonds. The Labute approximate surface area is 180 Å². The van der Waals surface area contributed by atoms with Gasteiger partial charge in [0.25, 0.3) is 0 Å². The first kappa shape index (κ1) is 19.2. The van der Waals surface area contributed by atoms with Crippen LogP contribution in [0.1, 0.15) is 22.3 Å². The monoisotopic (exact) mass is 440 g/mol. The van der Waals surface area contributed by atoms with Gasteiger partial charge in [-0.3, -0.25) is 0 Å². The van der Waals surface area contributed by atoms with Crippen LogP contribution in [0.3, 0.4) is 0 Å². The lowest BCUT2D eigenvalue weighted by Gasteiger charge is -2.18. The SMILES string of the molecule is COc1ccc(C(=C(c2ccccc2)c2ccccc2)c2ccc(Br)cc2)cc1. The number of ether oxygens (including phenoxy) is 1. The molecule has 0 fully saturated rings. The maximum absolute atomic E-state index is 5.38. The lowest BCUT2D eigenvalue weighted by Crippen LogP contribution is -1.97. The summed E-state index contributed by atoms with van der Waals surface area (Å²) in [4.78, 5) is 0. The van der Waals surface area contributed by atoms with Gasteiger partial charge in [-0.25, -0.2) is 0 Å². The molecule has 0 heterocycles. The number of benzene rings is 4.